The Morgan fingerprint density at radius 1 is 1.18 bits per heavy atom. The smallest absolute Gasteiger partial charge is 0.325 e. The SMILES string of the molecule is CCn1ncc(NC(=O)c2ccnn2CC(=O)O)c1C(=O)NCc1ccco1. The second-order valence-electron chi connectivity index (χ2n) is 5.71. The average molecular weight is 386 g/mol. The van der Waals surface area contributed by atoms with Crippen molar-refractivity contribution < 1.29 is 23.9 Å². The van der Waals surface area contributed by atoms with Gasteiger partial charge < -0.3 is 20.2 Å². The molecule has 0 fully saturated rings. The number of rotatable bonds is 8. The van der Waals surface area contributed by atoms with Gasteiger partial charge in [0.05, 0.1) is 24.7 Å². The zero-order valence-electron chi connectivity index (χ0n) is 15.0. The number of carbonyl (C=O) groups is 3. The van der Waals surface area contributed by atoms with E-state index in [1.807, 2.05) is 6.92 Å². The summed E-state index contributed by atoms with van der Waals surface area (Å²) in [6.07, 6.45) is 4.19. The molecule has 2 amide bonds. The summed E-state index contributed by atoms with van der Waals surface area (Å²) in [6.45, 7) is 1.94. The molecule has 0 saturated carbocycles. The Hall–Kier alpha value is -3.89. The first-order chi connectivity index (χ1) is 13.5. The Morgan fingerprint density at radius 3 is 2.68 bits per heavy atom. The number of carbonyl (C=O) groups excluding carboxylic acids is 2. The molecule has 0 unspecified atom stereocenters. The van der Waals surface area contributed by atoms with Gasteiger partial charge in [-0.15, -0.1) is 0 Å². The molecule has 0 saturated heterocycles. The Morgan fingerprint density at radius 2 is 2.00 bits per heavy atom. The standard InChI is InChI=1S/C17H18N6O5/c1-2-22-15(17(27)18-8-11-4-3-7-28-11)12(9-20-22)21-16(26)13-5-6-19-23(13)10-14(24)25/h3-7,9H,2,8,10H2,1H3,(H,18,27)(H,21,26)(H,24,25). The lowest BCUT2D eigenvalue weighted by molar-refractivity contribution is -0.137. The van der Waals surface area contributed by atoms with Crippen LogP contribution in [0.5, 0.6) is 0 Å². The zero-order valence-corrected chi connectivity index (χ0v) is 15.0. The second kappa shape index (κ2) is 8.20. The molecule has 3 rings (SSSR count). The topological polar surface area (TPSA) is 144 Å². The number of amides is 2. The molecule has 0 aromatic carbocycles. The van der Waals surface area contributed by atoms with E-state index in [0.29, 0.717) is 12.3 Å². The van der Waals surface area contributed by atoms with Gasteiger partial charge in [0.2, 0.25) is 0 Å². The van der Waals surface area contributed by atoms with Gasteiger partial charge in [0.25, 0.3) is 11.8 Å². The van der Waals surface area contributed by atoms with Crippen molar-refractivity contribution >= 4 is 23.5 Å². The molecule has 11 nitrogen and oxygen atoms in total. The Kier molecular flexibility index (Phi) is 5.53. The van der Waals surface area contributed by atoms with Crippen molar-refractivity contribution in [2.24, 2.45) is 0 Å². The lowest BCUT2D eigenvalue weighted by atomic mass is 10.3. The summed E-state index contributed by atoms with van der Waals surface area (Å²) in [6, 6.07) is 4.83. The molecule has 0 spiro atoms. The molecule has 0 radical (unpaired) electrons. The molecule has 11 heteroatoms. The quantitative estimate of drug-likeness (QED) is 0.523. The van der Waals surface area contributed by atoms with E-state index in [9.17, 15) is 14.4 Å². The number of aliphatic carboxylic acids is 1. The third-order valence-electron chi connectivity index (χ3n) is 3.84. The number of aryl methyl sites for hydroxylation is 1. The van der Waals surface area contributed by atoms with E-state index in [4.69, 9.17) is 9.52 Å². The van der Waals surface area contributed by atoms with Gasteiger partial charge in [-0.3, -0.25) is 19.1 Å². The van der Waals surface area contributed by atoms with Crippen LogP contribution < -0.4 is 10.6 Å². The van der Waals surface area contributed by atoms with E-state index in [0.717, 1.165) is 4.68 Å². The van der Waals surface area contributed by atoms with Crippen molar-refractivity contribution in [2.75, 3.05) is 5.32 Å². The number of anilines is 1. The average Bonchev–Trinajstić information content (AvgIpc) is 3.39. The fourth-order valence-corrected chi connectivity index (χ4v) is 2.59. The first kappa shape index (κ1) is 18.9. The van der Waals surface area contributed by atoms with E-state index < -0.39 is 24.3 Å². The summed E-state index contributed by atoms with van der Waals surface area (Å²) >= 11 is 0. The van der Waals surface area contributed by atoms with Crippen molar-refractivity contribution in [1.29, 1.82) is 0 Å². The lowest BCUT2D eigenvalue weighted by Crippen LogP contribution is -2.27. The van der Waals surface area contributed by atoms with E-state index in [-0.39, 0.29) is 23.6 Å². The number of carboxylic acid groups (broad SMARTS) is 1. The van der Waals surface area contributed by atoms with Gasteiger partial charge in [-0.25, -0.2) is 4.68 Å². The minimum atomic E-state index is -1.13. The molecular formula is C17H18N6O5. The van der Waals surface area contributed by atoms with Crippen molar-refractivity contribution in [1.82, 2.24) is 24.9 Å². The molecule has 0 aliphatic heterocycles. The van der Waals surface area contributed by atoms with Gasteiger partial charge >= 0.3 is 5.97 Å². The van der Waals surface area contributed by atoms with Gasteiger partial charge in [-0.1, -0.05) is 0 Å². The highest BCUT2D eigenvalue weighted by molar-refractivity contribution is 6.07. The molecule has 0 bridgehead atoms. The molecule has 3 aromatic rings. The molecular weight excluding hydrogens is 368 g/mol. The third-order valence-corrected chi connectivity index (χ3v) is 3.84. The minimum Gasteiger partial charge on any atom is -0.480 e. The highest BCUT2D eigenvalue weighted by Gasteiger charge is 2.22. The van der Waals surface area contributed by atoms with Gasteiger partial charge in [-0.2, -0.15) is 10.2 Å². The van der Waals surface area contributed by atoms with Crippen LogP contribution >= 0.6 is 0 Å². The van der Waals surface area contributed by atoms with E-state index in [2.05, 4.69) is 20.8 Å². The summed E-state index contributed by atoms with van der Waals surface area (Å²) in [5.74, 6) is -1.59. The van der Waals surface area contributed by atoms with Crippen LogP contribution in [0.2, 0.25) is 0 Å². The molecule has 0 aliphatic carbocycles. The Bertz CT molecular complexity index is 988. The number of hydrogen-bond donors (Lipinski definition) is 3. The van der Waals surface area contributed by atoms with Crippen LogP contribution in [-0.2, 0) is 24.4 Å². The van der Waals surface area contributed by atoms with Crippen LogP contribution in [0.25, 0.3) is 0 Å². The van der Waals surface area contributed by atoms with Crippen molar-refractivity contribution in [3.05, 3.63) is 54.0 Å². The van der Waals surface area contributed by atoms with Gasteiger partial charge in [-0.05, 0) is 25.1 Å². The fourth-order valence-electron chi connectivity index (χ4n) is 2.59. The Balaban J connectivity index is 1.78. The van der Waals surface area contributed by atoms with Gasteiger partial charge in [0.1, 0.15) is 23.7 Å². The highest BCUT2D eigenvalue weighted by Crippen LogP contribution is 2.17. The summed E-state index contributed by atoms with van der Waals surface area (Å²) < 4.78 is 7.68. The zero-order chi connectivity index (χ0) is 20.1. The number of aromatic nitrogens is 4. The van der Waals surface area contributed by atoms with Crippen LogP contribution in [0.1, 0.15) is 33.7 Å². The van der Waals surface area contributed by atoms with E-state index >= 15 is 0 Å². The van der Waals surface area contributed by atoms with Crippen molar-refractivity contribution in [2.45, 2.75) is 26.6 Å². The number of nitrogens with zero attached hydrogens (tertiary/aromatic N) is 4. The van der Waals surface area contributed by atoms with E-state index in [1.54, 1.807) is 12.1 Å². The normalized spacial score (nSPS) is 10.6. The first-order valence-corrected chi connectivity index (χ1v) is 8.41. The molecule has 3 heterocycles. The molecule has 146 valence electrons. The maximum absolute atomic E-state index is 12.6. The summed E-state index contributed by atoms with van der Waals surface area (Å²) in [4.78, 5) is 36.1. The van der Waals surface area contributed by atoms with Crippen LogP contribution in [0.15, 0.2) is 41.3 Å². The molecule has 28 heavy (non-hydrogen) atoms. The van der Waals surface area contributed by atoms with Gasteiger partial charge in [0.15, 0.2) is 0 Å². The predicted molar refractivity (Wildman–Crippen MR) is 95.6 cm³/mol. The molecule has 0 atom stereocenters. The molecule has 3 N–H and O–H groups in total. The van der Waals surface area contributed by atoms with Crippen molar-refractivity contribution in [3.63, 3.8) is 0 Å². The highest BCUT2D eigenvalue weighted by atomic mass is 16.4. The molecule has 3 aromatic heterocycles. The summed E-state index contributed by atoms with van der Waals surface area (Å²) in [7, 11) is 0. The number of nitrogens with one attached hydrogen (secondary N) is 2. The maximum Gasteiger partial charge on any atom is 0.325 e. The Labute approximate surface area is 158 Å². The number of furan rings is 1. The van der Waals surface area contributed by atoms with Crippen LogP contribution in [0.4, 0.5) is 5.69 Å². The van der Waals surface area contributed by atoms with Crippen LogP contribution in [-0.4, -0.2) is 42.5 Å². The summed E-state index contributed by atoms with van der Waals surface area (Å²) in [5.41, 5.74) is 0.423. The predicted octanol–water partition coefficient (Wildman–Crippen LogP) is 0.959. The molecule has 0 aliphatic rings. The third kappa shape index (κ3) is 4.09. The van der Waals surface area contributed by atoms with Gasteiger partial charge in [0, 0.05) is 12.7 Å². The van der Waals surface area contributed by atoms with Crippen LogP contribution in [0, 0.1) is 0 Å². The lowest BCUT2D eigenvalue weighted by Gasteiger charge is -2.10. The van der Waals surface area contributed by atoms with Crippen molar-refractivity contribution in [3.8, 4) is 0 Å². The van der Waals surface area contributed by atoms with Crippen LogP contribution in [0.3, 0.4) is 0 Å². The minimum absolute atomic E-state index is 0.0496. The fraction of sp³-hybridized carbons (Fsp3) is 0.235. The monoisotopic (exact) mass is 386 g/mol. The maximum atomic E-state index is 12.6. The van der Waals surface area contributed by atoms with E-state index in [1.165, 1.54) is 29.4 Å². The second-order valence-corrected chi connectivity index (χ2v) is 5.71. The first-order valence-electron chi connectivity index (χ1n) is 8.41. The number of hydrogen-bond acceptors (Lipinski definition) is 6. The summed E-state index contributed by atoms with van der Waals surface area (Å²) in [5, 5.41) is 22.1. The number of carboxylic acids is 1. The largest absolute Gasteiger partial charge is 0.480 e.